The Kier molecular flexibility index (Phi) is 4.05. The molecule has 6 heteroatoms. The van der Waals surface area contributed by atoms with Crippen molar-refractivity contribution in [3.05, 3.63) is 83.4 Å². The van der Waals surface area contributed by atoms with Gasteiger partial charge in [-0.1, -0.05) is 59.6 Å². The molecule has 3 aromatic carbocycles. The van der Waals surface area contributed by atoms with Gasteiger partial charge in [0.15, 0.2) is 0 Å². The first-order chi connectivity index (χ1) is 12.5. The predicted octanol–water partition coefficient (Wildman–Crippen LogP) is 4.90. The fraction of sp³-hybridized carbons (Fsp3) is 0.0500. The van der Waals surface area contributed by atoms with E-state index in [1.165, 1.54) is 0 Å². The van der Waals surface area contributed by atoms with Crippen molar-refractivity contribution >= 4 is 32.5 Å². The highest BCUT2D eigenvalue weighted by Gasteiger charge is 2.23. The molecule has 1 aromatic heterocycles. The summed E-state index contributed by atoms with van der Waals surface area (Å²) in [5.74, 6) is 0. The van der Waals surface area contributed by atoms with Gasteiger partial charge in [-0.15, -0.1) is 0 Å². The van der Waals surface area contributed by atoms with Crippen molar-refractivity contribution in [2.75, 3.05) is 0 Å². The van der Waals surface area contributed by atoms with Crippen LogP contribution in [-0.4, -0.2) is 17.6 Å². The lowest BCUT2D eigenvalue weighted by atomic mass is 10.1. The molecular formula is C20H15ClN2O2S. The minimum atomic E-state index is -3.80. The van der Waals surface area contributed by atoms with Gasteiger partial charge in [0.25, 0.3) is 10.0 Å². The third-order valence-electron chi connectivity index (χ3n) is 4.22. The van der Waals surface area contributed by atoms with Crippen LogP contribution in [0.15, 0.2) is 77.7 Å². The molecule has 0 saturated heterocycles. The zero-order valence-electron chi connectivity index (χ0n) is 13.9. The largest absolute Gasteiger partial charge is 0.283 e. The molecule has 0 aliphatic heterocycles. The SMILES string of the molecule is Cc1ccc(S(=O)(=O)n2nc(-c3ccc(Cl)cc3)c3ccccc32)cc1. The van der Waals surface area contributed by atoms with Gasteiger partial charge in [0.1, 0.15) is 5.69 Å². The highest BCUT2D eigenvalue weighted by molar-refractivity contribution is 7.90. The standard InChI is InChI=1S/C20H15ClN2O2S/c1-14-6-12-17(13-7-14)26(24,25)23-19-5-3-2-4-18(19)20(22-23)15-8-10-16(21)11-9-15/h2-13H,1H3. The van der Waals surface area contributed by atoms with Gasteiger partial charge >= 0.3 is 0 Å². The van der Waals surface area contributed by atoms with Crippen molar-refractivity contribution in [3.8, 4) is 11.3 Å². The molecule has 0 amide bonds. The second-order valence-corrected chi connectivity index (χ2v) is 8.24. The van der Waals surface area contributed by atoms with E-state index in [-0.39, 0.29) is 4.90 Å². The monoisotopic (exact) mass is 382 g/mol. The van der Waals surface area contributed by atoms with E-state index in [9.17, 15) is 8.42 Å². The van der Waals surface area contributed by atoms with E-state index >= 15 is 0 Å². The number of halogens is 1. The van der Waals surface area contributed by atoms with Gasteiger partial charge in [0.2, 0.25) is 0 Å². The summed E-state index contributed by atoms with van der Waals surface area (Å²) in [4.78, 5) is 0.207. The number of rotatable bonds is 3. The zero-order chi connectivity index (χ0) is 18.3. The second-order valence-electron chi connectivity index (χ2n) is 6.03. The third kappa shape index (κ3) is 2.79. The first kappa shape index (κ1) is 16.8. The summed E-state index contributed by atoms with van der Waals surface area (Å²) in [6.45, 7) is 1.92. The summed E-state index contributed by atoms with van der Waals surface area (Å²) in [6, 6.07) is 21.2. The van der Waals surface area contributed by atoms with Gasteiger partial charge in [0, 0.05) is 16.0 Å². The van der Waals surface area contributed by atoms with E-state index in [0.717, 1.165) is 20.6 Å². The van der Waals surface area contributed by atoms with E-state index in [4.69, 9.17) is 11.6 Å². The summed E-state index contributed by atoms with van der Waals surface area (Å²) in [5, 5.41) is 5.83. The number of aromatic nitrogens is 2. The maximum Gasteiger partial charge on any atom is 0.283 e. The van der Waals surface area contributed by atoms with Crippen LogP contribution in [0, 0.1) is 6.92 Å². The Balaban J connectivity index is 1.96. The van der Waals surface area contributed by atoms with E-state index in [2.05, 4.69) is 5.10 Å². The average molecular weight is 383 g/mol. The molecule has 1 heterocycles. The molecule has 130 valence electrons. The Bertz CT molecular complexity index is 1200. The molecule has 4 rings (SSSR count). The van der Waals surface area contributed by atoms with Crippen molar-refractivity contribution in [3.63, 3.8) is 0 Å². The van der Waals surface area contributed by atoms with Crippen molar-refractivity contribution in [1.29, 1.82) is 0 Å². The summed E-state index contributed by atoms with van der Waals surface area (Å²) in [6.07, 6.45) is 0. The molecule has 0 bridgehead atoms. The number of para-hydroxylation sites is 1. The Hall–Kier alpha value is -2.63. The van der Waals surface area contributed by atoms with Crippen molar-refractivity contribution in [2.45, 2.75) is 11.8 Å². The predicted molar refractivity (Wildman–Crippen MR) is 104 cm³/mol. The summed E-state index contributed by atoms with van der Waals surface area (Å²) < 4.78 is 27.4. The maximum atomic E-state index is 13.1. The van der Waals surface area contributed by atoms with Crippen LogP contribution in [0.25, 0.3) is 22.2 Å². The van der Waals surface area contributed by atoms with E-state index in [0.29, 0.717) is 16.2 Å². The lowest BCUT2D eigenvalue weighted by molar-refractivity contribution is 0.582. The highest BCUT2D eigenvalue weighted by Crippen LogP contribution is 2.30. The maximum absolute atomic E-state index is 13.1. The molecule has 0 aliphatic rings. The normalized spacial score (nSPS) is 11.8. The van der Waals surface area contributed by atoms with Crippen LogP contribution in [0.3, 0.4) is 0 Å². The quantitative estimate of drug-likeness (QED) is 0.506. The number of aryl methyl sites for hydroxylation is 1. The van der Waals surface area contributed by atoms with Crippen molar-refractivity contribution in [2.24, 2.45) is 0 Å². The molecule has 4 aromatic rings. The molecular weight excluding hydrogens is 368 g/mol. The lowest BCUT2D eigenvalue weighted by Crippen LogP contribution is -2.14. The third-order valence-corrected chi connectivity index (χ3v) is 6.07. The number of hydrogen-bond acceptors (Lipinski definition) is 3. The molecule has 4 nitrogen and oxygen atoms in total. The molecule has 26 heavy (non-hydrogen) atoms. The Morgan fingerprint density at radius 1 is 0.885 bits per heavy atom. The minimum Gasteiger partial charge on any atom is -0.199 e. The first-order valence-corrected chi connectivity index (χ1v) is 9.84. The molecule has 0 fully saturated rings. The van der Waals surface area contributed by atoms with Crippen LogP contribution in [-0.2, 0) is 10.0 Å². The molecule has 0 radical (unpaired) electrons. The summed E-state index contributed by atoms with van der Waals surface area (Å²) in [7, 11) is -3.80. The first-order valence-electron chi connectivity index (χ1n) is 8.03. The minimum absolute atomic E-state index is 0.207. The van der Waals surface area contributed by atoms with Gasteiger partial charge in [-0.05, 0) is 37.3 Å². The smallest absolute Gasteiger partial charge is 0.199 e. The van der Waals surface area contributed by atoms with Gasteiger partial charge in [-0.25, -0.2) is 0 Å². The van der Waals surface area contributed by atoms with Crippen LogP contribution in [0.4, 0.5) is 0 Å². The van der Waals surface area contributed by atoms with E-state index < -0.39 is 10.0 Å². The molecule has 0 atom stereocenters. The summed E-state index contributed by atoms with van der Waals surface area (Å²) >= 11 is 5.97. The molecule has 0 saturated carbocycles. The van der Waals surface area contributed by atoms with Crippen LogP contribution >= 0.6 is 11.6 Å². The number of hydrogen-bond donors (Lipinski definition) is 0. The Morgan fingerprint density at radius 3 is 2.23 bits per heavy atom. The van der Waals surface area contributed by atoms with Crippen molar-refractivity contribution < 1.29 is 8.42 Å². The number of nitrogens with zero attached hydrogens (tertiary/aromatic N) is 2. The van der Waals surface area contributed by atoms with Crippen LogP contribution in [0.1, 0.15) is 5.56 Å². The van der Waals surface area contributed by atoms with Gasteiger partial charge in [-0.3, -0.25) is 0 Å². The Morgan fingerprint density at radius 2 is 1.54 bits per heavy atom. The average Bonchev–Trinajstić information content (AvgIpc) is 3.03. The van der Waals surface area contributed by atoms with Gasteiger partial charge in [0.05, 0.1) is 10.4 Å². The number of benzene rings is 3. The van der Waals surface area contributed by atoms with Crippen LogP contribution in [0.5, 0.6) is 0 Å². The van der Waals surface area contributed by atoms with Gasteiger partial charge in [-0.2, -0.15) is 17.6 Å². The Labute approximate surface area is 156 Å². The van der Waals surface area contributed by atoms with Crippen LogP contribution < -0.4 is 0 Å². The van der Waals surface area contributed by atoms with E-state index in [1.54, 1.807) is 48.5 Å². The molecule has 0 unspecified atom stereocenters. The van der Waals surface area contributed by atoms with Crippen molar-refractivity contribution in [1.82, 2.24) is 9.19 Å². The molecule has 0 N–H and O–H groups in total. The fourth-order valence-corrected chi connectivity index (χ4v) is 4.27. The topological polar surface area (TPSA) is 52.0 Å². The molecule has 0 spiro atoms. The number of fused-ring (bicyclic) bond motifs is 1. The molecule has 0 aliphatic carbocycles. The highest BCUT2D eigenvalue weighted by atomic mass is 35.5. The van der Waals surface area contributed by atoms with E-state index in [1.807, 2.05) is 31.2 Å². The summed E-state index contributed by atoms with van der Waals surface area (Å²) in [5.41, 5.74) is 2.95. The zero-order valence-corrected chi connectivity index (χ0v) is 15.5. The van der Waals surface area contributed by atoms with Gasteiger partial charge < -0.3 is 0 Å². The van der Waals surface area contributed by atoms with Crippen LogP contribution in [0.2, 0.25) is 5.02 Å². The second kappa shape index (κ2) is 6.27. The fourth-order valence-electron chi connectivity index (χ4n) is 2.85. The lowest BCUT2D eigenvalue weighted by Gasteiger charge is -2.06.